The standard InChI is InChI=1S/C25H29N5O2/c31-24(17-20-9-6-8-19-7-2-3-10-22(19)20)28-15-11-21(12-16-28)30-18-23(26-27-30)25(32)29-13-4-1-5-14-29/h2-3,6-10,18,21H,1,4-5,11-17H2. The van der Waals surface area contributed by atoms with Gasteiger partial charge in [-0.2, -0.15) is 0 Å². The average Bonchev–Trinajstić information content (AvgIpc) is 3.35. The third-order valence-corrected chi connectivity index (χ3v) is 6.79. The Morgan fingerprint density at radius 1 is 0.875 bits per heavy atom. The topological polar surface area (TPSA) is 71.3 Å². The molecule has 0 bridgehead atoms. The highest BCUT2D eigenvalue weighted by Gasteiger charge is 2.27. The maximum atomic E-state index is 13.0. The second-order valence-corrected chi connectivity index (χ2v) is 8.86. The van der Waals surface area contributed by atoms with Crippen molar-refractivity contribution >= 4 is 22.6 Å². The molecule has 7 nitrogen and oxygen atoms in total. The van der Waals surface area contributed by atoms with Gasteiger partial charge < -0.3 is 9.80 Å². The van der Waals surface area contributed by atoms with Crippen molar-refractivity contribution in [2.75, 3.05) is 26.2 Å². The van der Waals surface area contributed by atoms with Crippen LogP contribution in [0.5, 0.6) is 0 Å². The van der Waals surface area contributed by atoms with Crippen LogP contribution in [0.2, 0.25) is 0 Å². The Bertz CT molecular complexity index is 1100. The number of rotatable bonds is 4. The number of hydrogen-bond acceptors (Lipinski definition) is 4. The van der Waals surface area contributed by atoms with Crippen LogP contribution < -0.4 is 0 Å². The highest BCUT2D eigenvalue weighted by atomic mass is 16.2. The SMILES string of the molecule is O=C(Cc1cccc2ccccc12)N1CCC(n2cc(C(=O)N3CCCCC3)nn2)CC1. The third kappa shape index (κ3) is 4.24. The Morgan fingerprint density at radius 3 is 2.44 bits per heavy atom. The summed E-state index contributed by atoms with van der Waals surface area (Å²) in [5, 5.41) is 10.7. The molecular weight excluding hydrogens is 402 g/mol. The minimum absolute atomic E-state index is 0.0151. The van der Waals surface area contributed by atoms with Crippen molar-refractivity contribution in [2.24, 2.45) is 0 Å². The molecule has 0 spiro atoms. The summed E-state index contributed by atoms with van der Waals surface area (Å²) in [6.07, 6.45) is 7.16. The van der Waals surface area contributed by atoms with Gasteiger partial charge in [0, 0.05) is 26.2 Å². The number of amides is 2. The molecule has 1 aromatic heterocycles. The fraction of sp³-hybridized carbons (Fsp3) is 0.440. The lowest BCUT2D eigenvalue weighted by molar-refractivity contribution is -0.131. The fourth-order valence-corrected chi connectivity index (χ4v) is 4.91. The molecule has 2 aliphatic heterocycles. The van der Waals surface area contributed by atoms with E-state index in [-0.39, 0.29) is 17.9 Å². The van der Waals surface area contributed by atoms with Gasteiger partial charge in [-0.3, -0.25) is 9.59 Å². The Hall–Kier alpha value is -3.22. The van der Waals surface area contributed by atoms with Gasteiger partial charge >= 0.3 is 0 Å². The molecule has 0 saturated carbocycles. The summed E-state index contributed by atoms with van der Waals surface area (Å²) in [6.45, 7) is 3.01. The number of likely N-dealkylation sites (tertiary alicyclic amines) is 2. The number of fused-ring (bicyclic) bond motifs is 1. The number of aromatic nitrogens is 3. The molecule has 5 rings (SSSR count). The van der Waals surface area contributed by atoms with Crippen LogP contribution in [0.4, 0.5) is 0 Å². The largest absolute Gasteiger partial charge is 0.342 e. The fourth-order valence-electron chi connectivity index (χ4n) is 4.91. The van der Waals surface area contributed by atoms with Crippen LogP contribution in [0.25, 0.3) is 10.8 Å². The Balaban J connectivity index is 1.18. The molecule has 2 aromatic carbocycles. The van der Waals surface area contributed by atoms with Crippen LogP contribution in [-0.4, -0.2) is 62.8 Å². The van der Waals surface area contributed by atoms with Crippen LogP contribution in [0.3, 0.4) is 0 Å². The monoisotopic (exact) mass is 431 g/mol. The van der Waals surface area contributed by atoms with Crippen LogP contribution in [0.1, 0.15) is 54.2 Å². The molecule has 3 aromatic rings. The number of carbonyl (C=O) groups excluding carboxylic acids is 2. The molecule has 32 heavy (non-hydrogen) atoms. The quantitative estimate of drug-likeness (QED) is 0.634. The van der Waals surface area contributed by atoms with Crippen LogP contribution in [-0.2, 0) is 11.2 Å². The number of carbonyl (C=O) groups is 2. The predicted octanol–water partition coefficient (Wildman–Crippen LogP) is 3.46. The van der Waals surface area contributed by atoms with Crippen molar-refractivity contribution in [3.63, 3.8) is 0 Å². The molecule has 0 radical (unpaired) electrons. The zero-order chi connectivity index (χ0) is 21.9. The van der Waals surface area contributed by atoms with Gasteiger partial charge in [0.2, 0.25) is 5.91 Å². The molecule has 0 aliphatic carbocycles. The van der Waals surface area contributed by atoms with Gasteiger partial charge in [0.25, 0.3) is 5.91 Å². The number of piperidine rings is 2. The molecule has 2 amide bonds. The molecule has 0 unspecified atom stereocenters. The maximum Gasteiger partial charge on any atom is 0.276 e. The van der Waals surface area contributed by atoms with E-state index in [1.165, 1.54) is 6.42 Å². The lowest BCUT2D eigenvalue weighted by atomic mass is 10.0. The molecule has 0 N–H and O–H groups in total. The van der Waals surface area contributed by atoms with E-state index in [2.05, 4.69) is 28.5 Å². The van der Waals surface area contributed by atoms with Crippen LogP contribution in [0.15, 0.2) is 48.7 Å². The Morgan fingerprint density at radius 2 is 1.62 bits per heavy atom. The minimum atomic E-state index is -0.0151. The zero-order valence-electron chi connectivity index (χ0n) is 18.3. The first-order valence-electron chi connectivity index (χ1n) is 11.6. The second-order valence-electron chi connectivity index (χ2n) is 8.86. The first-order valence-corrected chi connectivity index (χ1v) is 11.6. The van der Waals surface area contributed by atoms with E-state index in [9.17, 15) is 9.59 Å². The molecule has 0 atom stereocenters. The van der Waals surface area contributed by atoms with Crippen molar-refractivity contribution in [3.05, 3.63) is 59.9 Å². The summed E-state index contributed by atoms with van der Waals surface area (Å²) in [5.41, 5.74) is 1.51. The van der Waals surface area contributed by atoms with E-state index < -0.39 is 0 Å². The first-order chi connectivity index (χ1) is 15.7. The Kier molecular flexibility index (Phi) is 5.88. The van der Waals surface area contributed by atoms with Gasteiger partial charge in [0.1, 0.15) is 0 Å². The molecular formula is C25H29N5O2. The summed E-state index contributed by atoms with van der Waals surface area (Å²) in [4.78, 5) is 29.5. The van der Waals surface area contributed by atoms with E-state index in [1.54, 1.807) is 6.20 Å². The summed E-state index contributed by atoms with van der Waals surface area (Å²) in [5.74, 6) is 0.151. The van der Waals surface area contributed by atoms with E-state index in [1.807, 2.05) is 38.7 Å². The summed E-state index contributed by atoms with van der Waals surface area (Å²) >= 11 is 0. The van der Waals surface area contributed by atoms with E-state index in [0.717, 1.165) is 55.1 Å². The zero-order valence-corrected chi connectivity index (χ0v) is 18.3. The highest BCUT2D eigenvalue weighted by molar-refractivity contribution is 5.92. The molecule has 3 heterocycles. The molecule has 7 heteroatoms. The van der Waals surface area contributed by atoms with Crippen molar-refractivity contribution in [1.82, 2.24) is 24.8 Å². The third-order valence-electron chi connectivity index (χ3n) is 6.79. The summed E-state index contributed by atoms with van der Waals surface area (Å²) in [6, 6.07) is 14.5. The van der Waals surface area contributed by atoms with Crippen molar-refractivity contribution in [3.8, 4) is 0 Å². The van der Waals surface area contributed by atoms with E-state index in [4.69, 9.17) is 0 Å². The lowest BCUT2D eigenvalue weighted by Gasteiger charge is -2.32. The molecule has 2 saturated heterocycles. The van der Waals surface area contributed by atoms with Crippen molar-refractivity contribution in [1.29, 1.82) is 0 Å². The second kappa shape index (κ2) is 9.10. The first kappa shape index (κ1) is 20.7. The normalized spacial score (nSPS) is 17.6. The molecule has 2 aliphatic rings. The van der Waals surface area contributed by atoms with E-state index >= 15 is 0 Å². The lowest BCUT2D eigenvalue weighted by Crippen LogP contribution is -2.40. The summed E-state index contributed by atoms with van der Waals surface area (Å²) < 4.78 is 1.82. The summed E-state index contributed by atoms with van der Waals surface area (Å²) in [7, 11) is 0. The maximum absolute atomic E-state index is 13.0. The average molecular weight is 432 g/mol. The smallest absolute Gasteiger partial charge is 0.276 e. The molecule has 166 valence electrons. The number of hydrogen-bond donors (Lipinski definition) is 0. The predicted molar refractivity (Wildman–Crippen MR) is 122 cm³/mol. The molecule has 2 fully saturated rings. The minimum Gasteiger partial charge on any atom is -0.342 e. The van der Waals surface area contributed by atoms with Crippen LogP contribution >= 0.6 is 0 Å². The van der Waals surface area contributed by atoms with Gasteiger partial charge in [0.05, 0.1) is 18.7 Å². The van der Waals surface area contributed by atoms with Gasteiger partial charge in [-0.15, -0.1) is 5.10 Å². The van der Waals surface area contributed by atoms with Crippen molar-refractivity contribution < 1.29 is 9.59 Å². The van der Waals surface area contributed by atoms with Crippen molar-refractivity contribution in [2.45, 2.75) is 44.6 Å². The Labute approximate surface area is 188 Å². The van der Waals surface area contributed by atoms with Gasteiger partial charge in [-0.25, -0.2) is 4.68 Å². The van der Waals surface area contributed by atoms with E-state index in [0.29, 0.717) is 25.2 Å². The highest BCUT2D eigenvalue weighted by Crippen LogP contribution is 2.24. The number of nitrogens with zero attached hydrogens (tertiary/aromatic N) is 5. The van der Waals surface area contributed by atoms with Gasteiger partial charge in [-0.1, -0.05) is 47.7 Å². The van der Waals surface area contributed by atoms with Gasteiger partial charge in [-0.05, 0) is 48.4 Å². The number of benzene rings is 2. The van der Waals surface area contributed by atoms with Gasteiger partial charge in [0.15, 0.2) is 5.69 Å². The van der Waals surface area contributed by atoms with Crippen LogP contribution in [0, 0.1) is 0 Å².